The molecule has 0 aliphatic heterocycles. The molecular formula is C12H27NO2Si. The fourth-order valence-electron chi connectivity index (χ4n) is 2.96. The van der Waals surface area contributed by atoms with Gasteiger partial charge in [-0.25, -0.2) is 0 Å². The van der Waals surface area contributed by atoms with E-state index in [0.29, 0.717) is 5.54 Å². The van der Waals surface area contributed by atoms with Crippen molar-refractivity contribution in [3.63, 3.8) is 0 Å². The van der Waals surface area contributed by atoms with E-state index in [1.54, 1.807) is 14.2 Å². The maximum Gasteiger partial charge on any atom is 0.324 e. The van der Waals surface area contributed by atoms with Gasteiger partial charge in [-0.15, -0.1) is 0 Å². The number of rotatable bonds is 7. The molecule has 2 N–H and O–H groups in total. The molecule has 0 spiro atoms. The predicted molar refractivity (Wildman–Crippen MR) is 69.8 cm³/mol. The van der Waals surface area contributed by atoms with Gasteiger partial charge in [-0.1, -0.05) is 32.1 Å². The second-order valence-corrected chi connectivity index (χ2v) is 7.37. The Hall–Kier alpha value is 0.0969. The SMILES string of the molecule is CO[SiH](OC)C(CCCN)C1CCCCC1. The smallest absolute Gasteiger partial charge is 0.324 e. The molecule has 1 saturated carbocycles. The predicted octanol–water partition coefficient (Wildman–Crippen LogP) is 2.19. The molecule has 0 radical (unpaired) electrons. The normalized spacial score (nSPS) is 20.2. The molecule has 0 saturated heterocycles. The molecule has 1 aliphatic rings. The average Bonchev–Trinajstić information content (AvgIpc) is 2.35. The van der Waals surface area contributed by atoms with E-state index < -0.39 is 9.28 Å². The molecule has 1 rings (SSSR count). The van der Waals surface area contributed by atoms with Gasteiger partial charge in [-0.3, -0.25) is 0 Å². The molecule has 1 unspecified atom stereocenters. The summed E-state index contributed by atoms with van der Waals surface area (Å²) < 4.78 is 11.2. The average molecular weight is 245 g/mol. The van der Waals surface area contributed by atoms with E-state index in [0.717, 1.165) is 18.9 Å². The summed E-state index contributed by atoms with van der Waals surface area (Å²) in [6.45, 7) is 0.789. The second-order valence-electron chi connectivity index (χ2n) is 4.83. The summed E-state index contributed by atoms with van der Waals surface area (Å²) in [6, 6.07) is 0. The third kappa shape index (κ3) is 4.16. The highest BCUT2D eigenvalue weighted by atomic mass is 28.3. The van der Waals surface area contributed by atoms with Gasteiger partial charge in [0.25, 0.3) is 0 Å². The van der Waals surface area contributed by atoms with Crippen molar-refractivity contribution in [2.75, 3.05) is 20.8 Å². The van der Waals surface area contributed by atoms with Gasteiger partial charge in [-0.05, 0) is 25.3 Å². The molecule has 0 heterocycles. The Morgan fingerprint density at radius 1 is 1.19 bits per heavy atom. The molecule has 0 aromatic heterocycles. The summed E-state index contributed by atoms with van der Waals surface area (Å²) in [7, 11) is 2.14. The molecule has 0 aromatic carbocycles. The lowest BCUT2D eigenvalue weighted by atomic mass is 9.85. The van der Waals surface area contributed by atoms with Gasteiger partial charge in [-0.2, -0.15) is 0 Å². The molecule has 4 heteroatoms. The highest BCUT2D eigenvalue weighted by Gasteiger charge is 2.32. The zero-order valence-electron chi connectivity index (χ0n) is 10.8. The Labute approximate surface area is 102 Å². The van der Waals surface area contributed by atoms with Gasteiger partial charge < -0.3 is 14.6 Å². The Morgan fingerprint density at radius 3 is 2.31 bits per heavy atom. The van der Waals surface area contributed by atoms with Gasteiger partial charge >= 0.3 is 9.28 Å². The molecule has 0 amide bonds. The van der Waals surface area contributed by atoms with Gasteiger partial charge in [0.2, 0.25) is 0 Å². The van der Waals surface area contributed by atoms with Crippen molar-refractivity contribution in [2.45, 2.75) is 50.5 Å². The van der Waals surface area contributed by atoms with E-state index in [9.17, 15) is 0 Å². The van der Waals surface area contributed by atoms with Crippen LogP contribution in [0.2, 0.25) is 5.54 Å². The molecule has 0 bridgehead atoms. The van der Waals surface area contributed by atoms with Crippen LogP contribution in [0.15, 0.2) is 0 Å². The van der Waals surface area contributed by atoms with Crippen molar-refractivity contribution in [1.82, 2.24) is 0 Å². The Bertz CT molecular complexity index is 170. The van der Waals surface area contributed by atoms with Crippen molar-refractivity contribution in [2.24, 2.45) is 11.7 Å². The van der Waals surface area contributed by atoms with Crippen LogP contribution in [-0.2, 0) is 8.85 Å². The molecule has 1 aliphatic carbocycles. The Morgan fingerprint density at radius 2 is 1.81 bits per heavy atom. The van der Waals surface area contributed by atoms with Crippen LogP contribution in [0.25, 0.3) is 0 Å². The third-order valence-electron chi connectivity index (χ3n) is 3.81. The van der Waals surface area contributed by atoms with Gasteiger partial charge in [0, 0.05) is 19.8 Å². The molecule has 1 fully saturated rings. The van der Waals surface area contributed by atoms with Crippen LogP contribution in [0.1, 0.15) is 44.9 Å². The molecular weight excluding hydrogens is 218 g/mol. The highest BCUT2D eigenvalue weighted by Crippen LogP contribution is 2.38. The van der Waals surface area contributed by atoms with Crippen molar-refractivity contribution >= 4 is 9.28 Å². The van der Waals surface area contributed by atoms with Gasteiger partial charge in [0.15, 0.2) is 0 Å². The van der Waals surface area contributed by atoms with Crippen LogP contribution in [0.3, 0.4) is 0 Å². The maximum absolute atomic E-state index is 5.62. The first-order chi connectivity index (χ1) is 7.83. The second kappa shape index (κ2) is 8.23. The lowest BCUT2D eigenvalue weighted by molar-refractivity contribution is 0.225. The van der Waals surface area contributed by atoms with E-state index in [1.165, 1.54) is 38.5 Å². The summed E-state index contributed by atoms with van der Waals surface area (Å²) >= 11 is 0. The van der Waals surface area contributed by atoms with Crippen LogP contribution in [0, 0.1) is 5.92 Å². The zero-order valence-corrected chi connectivity index (χ0v) is 11.9. The summed E-state index contributed by atoms with van der Waals surface area (Å²) in [5.41, 5.74) is 6.29. The molecule has 0 aromatic rings. The number of nitrogens with two attached hydrogens (primary N) is 1. The van der Waals surface area contributed by atoms with Crippen LogP contribution < -0.4 is 5.73 Å². The minimum atomic E-state index is -1.47. The largest absolute Gasteiger partial charge is 0.400 e. The van der Waals surface area contributed by atoms with Crippen molar-refractivity contribution < 1.29 is 8.85 Å². The van der Waals surface area contributed by atoms with E-state index >= 15 is 0 Å². The van der Waals surface area contributed by atoms with Gasteiger partial charge in [0.1, 0.15) is 0 Å². The summed E-state index contributed by atoms with van der Waals surface area (Å²) in [6.07, 6.45) is 9.22. The van der Waals surface area contributed by atoms with E-state index in [1.807, 2.05) is 0 Å². The van der Waals surface area contributed by atoms with Crippen molar-refractivity contribution in [3.8, 4) is 0 Å². The Kier molecular flexibility index (Phi) is 7.28. The van der Waals surface area contributed by atoms with Crippen molar-refractivity contribution in [1.29, 1.82) is 0 Å². The fourth-order valence-corrected chi connectivity index (χ4v) is 5.18. The van der Waals surface area contributed by atoms with E-state index in [2.05, 4.69) is 0 Å². The summed E-state index contributed by atoms with van der Waals surface area (Å²) in [5, 5.41) is 0. The van der Waals surface area contributed by atoms with Crippen LogP contribution in [-0.4, -0.2) is 30.0 Å². The van der Waals surface area contributed by atoms with E-state index in [4.69, 9.17) is 14.6 Å². The van der Waals surface area contributed by atoms with Crippen LogP contribution in [0.4, 0.5) is 0 Å². The first-order valence-electron chi connectivity index (χ1n) is 6.59. The standard InChI is InChI=1S/C12H27NO2Si/c1-14-16(15-2)12(9-6-10-13)11-7-4-3-5-8-11/h11-12,16H,3-10,13H2,1-2H3. The molecule has 1 atom stereocenters. The molecule has 16 heavy (non-hydrogen) atoms. The minimum Gasteiger partial charge on any atom is -0.400 e. The highest BCUT2D eigenvalue weighted by molar-refractivity contribution is 6.46. The van der Waals surface area contributed by atoms with Crippen LogP contribution in [0.5, 0.6) is 0 Å². The van der Waals surface area contributed by atoms with Crippen LogP contribution >= 0.6 is 0 Å². The number of hydrogen-bond acceptors (Lipinski definition) is 3. The maximum atomic E-state index is 5.62. The molecule has 96 valence electrons. The van der Waals surface area contributed by atoms with Gasteiger partial charge in [0.05, 0.1) is 0 Å². The quantitative estimate of drug-likeness (QED) is 0.699. The fraction of sp³-hybridized carbons (Fsp3) is 1.00. The topological polar surface area (TPSA) is 44.5 Å². The van der Waals surface area contributed by atoms with Crippen molar-refractivity contribution in [3.05, 3.63) is 0 Å². The lowest BCUT2D eigenvalue weighted by Crippen LogP contribution is -2.32. The lowest BCUT2D eigenvalue weighted by Gasteiger charge is -2.33. The monoisotopic (exact) mass is 245 g/mol. The third-order valence-corrected chi connectivity index (χ3v) is 6.32. The summed E-state index contributed by atoms with van der Waals surface area (Å²) in [5.74, 6) is 0.830. The summed E-state index contributed by atoms with van der Waals surface area (Å²) in [4.78, 5) is 0. The first kappa shape index (κ1) is 14.2. The molecule has 3 nitrogen and oxygen atoms in total. The Balaban J connectivity index is 2.52. The number of hydrogen-bond donors (Lipinski definition) is 1. The first-order valence-corrected chi connectivity index (χ1v) is 8.20. The minimum absolute atomic E-state index is 0.666. The van der Waals surface area contributed by atoms with E-state index in [-0.39, 0.29) is 0 Å². The zero-order chi connectivity index (χ0) is 11.8.